The minimum atomic E-state index is -4.39. The van der Waals surface area contributed by atoms with Gasteiger partial charge < -0.3 is 9.84 Å². The molecule has 0 aliphatic heterocycles. The summed E-state index contributed by atoms with van der Waals surface area (Å²) in [5, 5.41) is 9.06. The first-order valence-corrected chi connectivity index (χ1v) is 5.95. The molecular formula is C15H13F3O2. The van der Waals surface area contributed by atoms with Gasteiger partial charge in [-0.2, -0.15) is 13.2 Å². The summed E-state index contributed by atoms with van der Waals surface area (Å²) < 4.78 is 43.2. The Kier molecular flexibility index (Phi) is 3.99. The first-order valence-electron chi connectivity index (χ1n) is 5.95. The lowest BCUT2D eigenvalue weighted by Crippen LogP contribution is -2.04. The molecule has 0 aromatic heterocycles. The Bertz CT molecular complexity index is 606. The molecular weight excluding hydrogens is 269 g/mol. The van der Waals surface area contributed by atoms with Crippen LogP contribution in [-0.2, 0) is 12.8 Å². The van der Waals surface area contributed by atoms with Crippen molar-refractivity contribution < 1.29 is 23.0 Å². The molecule has 1 N–H and O–H groups in total. The maximum atomic E-state index is 12.6. The van der Waals surface area contributed by atoms with E-state index in [0.29, 0.717) is 5.75 Å². The molecule has 0 amide bonds. The Balaban J connectivity index is 2.24. The molecule has 0 bridgehead atoms. The van der Waals surface area contributed by atoms with Crippen LogP contribution in [0.25, 0.3) is 0 Å². The number of hydrogen-bond acceptors (Lipinski definition) is 2. The smallest absolute Gasteiger partial charge is 0.416 e. The highest BCUT2D eigenvalue weighted by molar-refractivity contribution is 5.39. The number of benzene rings is 2. The minimum absolute atomic E-state index is 0.0876. The van der Waals surface area contributed by atoms with Crippen molar-refractivity contribution in [2.45, 2.75) is 19.7 Å². The van der Waals surface area contributed by atoms with E-state index in [1.165, 1.54) is 12.1 Å². The van der Waals surface area contributed by atoms with E-state index in [4.69, 9.17) is 9.84 Å². The summed E-state index contributed by atoms with van der Waals surface area (Å²) >= 11 is 0. The zero-order valence-corrected chi connectivity index (χ0v) is 10.7. The van der Waals surface area contributed by atoms with E-state index in [-0.39, 0.29) is 12.4 Å². The number of halogens is 3. The molecule has 2 aromatic carbocycles. The molecule has 106 valence electrons. The lowest BCUT2D eigenvalue weighted by molar-refractivity contribution is -0.137. The van der Waals surface area contributed by atoms with Gasteiger partial charge in [-0.1, -0.05) is 12.1 Å². The predicted molar refractivity (Wildman–Crippen MR) is 68.6 cm³/mol. The number of hydrogen-bond donors (Lipinski definition) is 1. The number of rotatable bonds is 3. The van der Waals surface area contributed by atoms with Gasteiger partial charge in [0.25, 0.3) is 0 Å². The number of aliphatic hydroxyl groups is 1. The first kappa shape index (κ1) is 14.4. The average molecular weight is 282 g/mol. The van der Waals surface area contributed by atoms with Crippen molar-refractivity contribution in [1.82, 2.24) is 0 Å². The summed E-state index contributed by atoms with van der Waals surface area (Å²) in [7, 11) is 0. The highest BCUT2D eigenvalue weighted by Crippen LogP contribution is 2.32. The zero-order chi connectivity index (χ0) is 14.8. The number of aryl methyl sites for hydroxylation is 1. The lowest BCUT2D eigenvalue weighted by Gasteiger charge is -2.11. The molecule has 0 unspecified atom stereocenters. The minimum Gasteiger partial charge on any atom is -0.457 e. The Hall–Kier alpha value is -2.01. The second-order valence-electron chi connectivity index (χ2n) is 4.37. The number of ether oxygens (including phenoxy) is 1. The van der Waals surface area contributed by atoms with Crippen LogP contribution in [-0.4, -0.2) is 5.11 Å². The van der Waals surface area contributed by atoms with Crippen molar-refractivity contribution in [2.75, 3.05) is 0 Å². The topological polar surface area (TPSA) is 29.5 Å². The van der Waals surface area contributed by atoms with Crippen LogP contribution in [0, 0.1) is 6.92 Å². The van der Waals surface area contributed by atoms with E-state index >= 15 is 0 Å². The largest absolute Gasteiger partial charge is 0.457 e. The van der Waals surface area contributed by atoms with Crippen LogP contribution in [0.2, 0.25) is 0 Å². The molecule has 5 heteroatoms. The Morgan fingerprint density at radius 2 is 1.75 bits per heavy atom. The molecule has 0 spiro atoms. The van der Waals surface area contributed by atoms with Gasteiger partial charge in [0.2, 0.25) is 0 Å². The maximum absolute atomic E-state index is 12.6. The molecule has 0 heterocycles. The zero-order valence-electron chi connectivity index (χ0n) is 10.7. The molecule has 0 saturated carbocycles. The summed E-state index contributed by atoms with van der Waals surface area (Å²) in [6.45, 7) is 1.71. The predicted octanol–water partition coefficient (Wildman–Crippen LogP) is 4.30. The summed E-state index contributed by atoms with van der Waals surface area (Å²) in [6.07, 6.45) is -4.39. The molecule has 0 atom stereocenters. The standard InChI is InChI=1S/C15H13F3O2/c1-10-7-14(6-5-11(10)9-19)20-13-4-2-3-12(8-13)15(16,17)18/h2-8,19H,9H2,1H3. The van der Waals surface area contributed by atoms with Gasteiger partial charge in [0.15, 0.2) is 0 Å². The van der Waals surface area contributed by atoms with Crippen molar-refractivity contribution in [3.8, 4) is 11.5 Å². The molecule has 2 rings (SSSR count). The fourth-order valence-corrected chi connectivity index (χ4v) is 1.78. The van der Waals surface area contributed by atoms with Gasteiger partial charge in [0, 0.05) is 0 Å². The normalized spacial score (nSPS) is 11.4. The third-order valence-corrected chi connectivity index (χ3v) is 2.88. The fourth-order valence-electron chi connectivity index (χ4n) is 1.78. The molecule has 20 heavy (non-hydrogen) atoms. The molecule has 0 saturated heterocycles. The third kappa shape index (κ3) is 3.30. The summed E-state index contributed by atoms with van der Waals surface area (Å²) in [6, 6.07) is 9.67. The third-order valence-electron chi connectivity index (χ3n) is 2.88. The van der Waals surface area contributed by atoms with Crippen molar-refractivity contribution in [3.05, 3.63) is 59.2 Å². The fraction of sp³-hybridized carbons (Fsp3) is 0.200. The van der Waals surface area contributed by atoms with E-state index in [1.54, 1.807) is 25.1 Å². The molecule has 0 fully saturated rings. The number of alkyl halides is 3. The maximum Gasteiger partial charge on any atom is 0.416 e. The molecule has 2 nitrogen and oxygen atoms in total. The SMILES string of the molecule is Cc1cc(Oc2cccc(C(F)(F)F)c2)ccc1CO. The average Bonchev–Trinajstić information content (AvgIpc) is 2.38. The van der Waals surface area contributed by atoms with Crippen LogP contribution in [0.5, 0.6) is 11.5 Å². The van der Waals surface area contributed by atoms with Crippen LogP contribution in [0.3, 0.4) is 0 Å². The first-order chi connectivity index (χ1) is 9.40. The Labute approximate surface area is 114 Å². The van der Waals surface area contributed by atoms with Gasteiger partial charge in [-0.15, -0.1) is 0 Å². The summed E-state index contributed by atoms with van der Waals surface area (Å²) in [5.41, 5.74) is 0.817. The Morgan fingerprint density at radius 1 is 1.05 bits per heavy atom. The van der Waals surface area contributed by atoms with E-state index in [2.05, 4.69) is 0 Å². The summed E-state index contributed by atoms with van der Waals surface area (Å²) in [4.78, 5) is 0. The molecule has 0 radical (unpaired) electrons. The van der Waals surface area contributed by atoms with Gasteiger partial charge in [-0.3, -0.25) is 0 Å². The highest BCUT2D eigenvalue weighted by Gasteiger charge is 2.30. The van der Waals surface area contributed by atoms with E-state index in [1.807, 2.05) is 0 Å². The summed E-state index contributed by atoms with van der Waals surface area (Å²) in [5.74, 6) is 0.551. The van der Waals surface area contributed by atoms with E-state index in [0.717, 1.165) is 23.3 Å². The van der Waals surface area contributed by atoms with Crippen LogP contribution < -0.4 is 4.74 Å². The van der Waals surface area contributed by atoms with Crippen LogP contribution in [0.1, 0.15) is 16.7 Å². The monoisotopic (exact) mass is 282 g/mol. The second kappa shape index (κ2) is 5.54. The Morgan fingerprint density at radius 3 is 2.35 bits per heavy atom. The molecule has 0 aliphatic rings. The van der Waals surface area contributed by atoms with E-state index < -0.39 is 11.7 Å². The highest BCUT2D eigenvalue weighted by atomic mass is 19.4. The number of aliphatic hydroxyl groups excluding tert-OH is 1. The van der Waals surface area contributed by atoms with Gasteiger partial charge >= 0.3 is 6.18 Å². The van der Waals surface area contributed by atoms with Crippen molar-refractivity contribution in [2.24, 2.45) is 0 Å². The lowest BCUT2D eigenvalue weighted by atomic mass is 10.1. The van der Waals surface area contributed by atoms with Crippen LogP contribution in [0.4, 0.5) is 13.2 Å². The van der Waals surface area contributed by atoms with Crippen LogP contribution >= 0.6 is 0 Å². The molecule has 0 aliphatic carbocycles. The van der Waals surface area contributed by atoms with Crippen molar-refractivity contribution >= 4 is 0 Å². The quantitative estimate of drug-likeness (QED) is 0.909. The van der Waals surface area contributed by atoms with Gasteiger partial charge in [0.1, 0.15) is 11.5 Å². The van der Waals surface area contributed by atoms with Crippen molar-refractivity contribution in [3.63, 3.8) is 0 Å². The van der Waals surface area contributed by atoms with Crippen LogP contribution in [0.15, 0.2) is 42.5 Å². The van der Waals surface area contributed by atoms with Gasteiger partial charge in [-0.25, -0.2) is 0 Å². The van der Waals surface area contributed by atoms with E-state index in [9.17, 15) is 13.2 Å². The van der Waals surface area contributed by atoms with Gasteiger partial charge in [-0.05, 0) is 48.4 Å². The molecule has 2 aromatic rings. The van der Waals surface area contributed by atoms with Crippen molar-refractivity contribution in [1.29, 1.82) is 0 Å². The second-order valence-corrected chi connectivity index (χ2v) is 4.37. The van der Waals surface area contributed by atoms with Gasteiger partial charge in [0.05, 0.1) is 12.2 Å².